The molecule has 98 valence electrons. The normalized spacial score (nSPS) is 11.5. The molecule has 18 heavy (non-hydrogen) atoms. The van der Waals surface area contributed by atoms with Gasteiger partial charge in [0.2, 0.25) is 10.0 Å². The second-order valence-corrected chi connectivity index (χ2v) is 5.95. The zero-order valence-corrected chi connectivity index (χ0v) is 11.3. The van der Waals surface area contributed by atoms with Crippen LogP contribution in [-0.4, -0.2) is 20.7 Å². The maximum absolute atomic E-state index is 11.8. The maximum Gasteiger partial charge on any atom is 0.240 e. The van der Waals surface area contributed by atoms with Crippen molar-refractivity contribution in [2.24, 2.45) is 5.92 Å². The number of ketones is 1. The van der Waals surface area contributed by atoms with Crippen LogP contribution in [0.15, 0.2) is 41.8 Å². The summed E-state index contributed by atoms with van der Waals surface area (Å²) in [7, 11) is -3.52. The summed E-state index contributed by atoms with van der Waals surface area (Å²) < 4.78 is 25.9. The number of sulfonamides is 1. The van der Waals surface area contributed by atoms with Gasteiger partial charge < -0.3 is 0 Å². The van der Waals surface area contributed by atoms with Gasteiger partial charge in [-0.25, -0.2) is 13.1 Å². The van der Waals surface area contributed by atoms with Gasteiger partial charge in [-0.1, -0.05) is 32.1 Å². The summed E-state index contributed by atoms with van der Waals surface area (Å²) in [6, 6.07) is 5.93. The molecule has 0 saturated carbocycles. The van der Waals surface area contributed by atoms with Crippen LogP contribution in [0, 0.1) is 5.92 Å². The molecule has 0 amide bonds. The summed E-state index contributed by atoms with van der Waals surface area (Å²) in [6.45, 7) is 7.23. The summed E-state index contributed by atoms with van der Waals surface area (Å²) in [6.07, 6.45) is 1.47. The number of hydrogen-bond acceptors (Lipinski definition) is 3. The molecule has 0 spiro atoms. The first kappa shape index (κ1) is 14.6. The Hall–Kier alpha value is -1.46. The molecule has 1 rings (SSSR count). The van der Waals surface area contributed by atoms with E-state index in [1.54, 1.807) is 13.8 Å². The molecular formula is C13H17NO3S. The molecule has 0 saturated heterocycles. The Kier molecular flexibility index (Phi) is 4.81. The van der Waals surface area contributed by atoms with E-state index in [0.717, 1.165) is 0 Å². The highest BCUT2D eigenvalue weighted by Gasteiger charge is 2.15. The third kappa shape index (κ3) is 3.51. The molecule has 0 fully saturated rings. The third-order valence-corrected chi connectivity index (χ3v) is 3.83. The van der Waals surface area contributed by atoms with Gasteiger partial charge in [0.05, 0.1) is 4.90 Å². The van der Waals surface area contributed by atoms with Crippen LogP contribution in [0.4, 0.5) is 0 Å². The van der Waals surface area contributed by atoms with Gasteiger partial charge in [-0.05, 0) is 12.1 Å². The molecule has 1 N–H and O–H groups in total. The molecule has 0 bridgehead atoms. The molecule has 1 aromatic rings. The predicted molar refractivity (Wildman–Crippen MR) is 71.0 cm³/mol. The van der Waals surface area contributed by atoms with E-state index in [-0.39, 0.29) is 23.1 Å². The molecule has 0 aromatic heterocycles. The summed E-state index contributed by atoms with van der Waals surface area (Å²) in [5.74, 6) is -0.107. The highest BCUT2D eigenvalue weighted by Crippen LogP contribution is 2.13. The van der Waals surface area contributed by atoms with Gasteiger partial charge in [0.15, 0.2) is 5.78 Å². The Bertz CT molecular complexity index is 530. The molecular weight excluding hydrogens is 250 g/mol. The second kappa shape index (κ2) is 5.93. The van der Waals surface area contributed by atoms with E-state index >= 15 is 0 Å². The molecule has 5 heteroatoms. The first-order valence-corrected chi connectivity index (χ1v) is 7.11. The van der Waals surface area contributed by atoms with E-state index in [9.17, 15) is 13.2 Å². The van der Waals surface area contributed by atoms with Gasteiger partial charge in [-0.3, -0.25) is 4.79 Å². The van der Waals surface area contributed by atoms with E-state index in [2.05, 4.69) is 11.3 Å². The maximum atomic E-state index is 11.8. The van der Waals surface area contributed by atoms with Gasteiger partial charge in [0.25, 0.3) is 0 Å². The van der Waals surface area contributed by atoms with Crippen molar-refractivity contribution in [3.8, 4) is 0 Å². The monoisotopic (exact) mass is 267 g/mol. The highest BCUT2D eigenvalue weighted by molar-refractivity contribution is 7.89. The van der Waals surface area contributed by atoms with Crippen molar-refractivity contribution in [3.05, 3.63) is 42.5 Å². The van der Waals surface area contributed by atoms with Crippen LogP contribution in [-0.2, 0) is 10.0 Å². The van der Waals surface area contributed by atoms with Crippen LogP contribution in [0.1, 0.15) is 24.2 Å². The Labute approximate surface area is 108 Å². The van der Waals surface area contributed by atoms with Crippen molar-refractivity contribution in [2.75, 3.05) is 6.54 Å². The molecule has 0 aliphatic heterocycles. The van der Waals surface area contributed by atoms with Gasteiger partial charge in [-0.15, -0.1) is 6.58 Å². The largest absolute Gasteiger partial charge is 0.294 e. The van der Waals surface area contributed by atoms with Gasteiger partial charge >= 0.3 is 0 Å². The number of benzene rings is 1. The van der Waals surface area contributed by atoms with Crippen LogP contribution < -0.4 is 4.72 Å². The second-order valence-electron chi connectivity index (χ2n) is 4.18. The van der Waals surface area contributed by atoms with E-state index in [0.29, 0.717) is 5.56 Å². The Morgan fingerprint density at radius 1 is 1.33 bits per heavy atom. The lowest BCUT2D eigenvalue weighted by Gasteiger charge is -2.07. The lowest BCUT2D eigenvalue weighted by atomic mass is 10.0. The lowest BCUT2D eigenvalue weighted by molar-refractivity contribution is 0.0939. The minimum absolute atomic E-state index is 0.00185. The van der Waals surface area contributed by atoms with E-state index in [1.807, 2.05) is 0 Å². The molecule has 0 aliphatic carbocycles. The summed E-state index contributed by atoms with van der Waals surface area (Å²) in [5.41, 5.74) is 0.521. The summed E-state index contributed by atoms with van der Waals surface area (Å²) in [4.78, 5) is 11.8. The zero-order chi connectivity index (χ0) is 13.8. The van der Waals surface area contributed by atoms with Crippen molar-refractivity contribution in [2.45, 2.75) is 18.7 Å². The lowest BCUT2D eigenvalue weighted by Crippen LogP contribution is -2.23. The van der Waals surface area contributed by atoms with Crippen LogP contribution in [0.25, 0.3) is 0 Å². The fraction of sp³-hybridized carbons (Fsp3) is 0.308. The van der Waals surface area contributed by atoms with Crippen LogP contribution in [0.5, 0.6) is 0 Å². The van der Waals surface area contributed by atoms with Crippen LogP contribution >= 0.6 is 0 Å². The van der Waals surface area contributed by atoms with Gasteiger partial charge in [0.1, 0.15) is 0 Å². The average Bonchev–Trinajstić information content (AvgIpc) is 2.35. The molecule has 0 radical (unpaired) electrons. The molecule has 1 aromatic carbocycles. The highest BCUT2D eigenvalue weighted by atomic mass is 32.2. The first-order chi connectivity index (χ1) is 8.38. The molecule has 4 nitrogen and oxygen atoms in total. The predicted octanol–water partition coefficient (Wildman–Crippen LogP) is 1.99. The number of Topliss-reactive ketones (excluding diaryl/α,β-unsaturated/α-hetero) is 1. The standard InChI is InChI=1S/C13H17NO3S/c1-4-9-14-18(16,17)12-7-5-11(6-8-12)13(15)10(2)3/h4-8,10,14H,1,9H2,2-3H3. The fourth-order valence-electron chi connectivity index (χ4n) is 1.38. The number of carbonyl (C=O) groups excluding carboxylic acids is 1. The van der Waals surface area contributed by atoms with Gasteiger partial charge in [0, 0.05) is 18.0 Å². The number of rotatable bonds is 6. The third-order valence-electron chi connectivity index (χ3n) is 2.39. The fourth-order valence-corrected chi connectivity index (χ4v) is 2.38. The summed E-state index contributed by atoms with van der Waals surface area (Å²) in [5, 5.41) is 0. The van der Waals surface area contributed by atoms with Crippen molar-refractivity contribution in [3.63, 3.8) is 0 Å². The molecule has 0 unspecified atom stereocenters. The molecule has 0 atom stereocenters. The number of hydrogen-bond donors (Lipinski definition) is 1. The minimum atomic E-state index is -3.52. The van der Waals surface area contributed by atoms with Crippen molar-refractivity contribution >= 4 is 15.8 Å². The molecule has 0 aliphatic rings. The Balaban J connectivity index is 2.96. The van der Waals surface area contributed by atoms with E-state index in [4.69, 9.17) is 0 Å². The first-order valence-electron chi connectivity index (χ1n) is 5.63. The van der Waals surface area contributed by atoms with Crippen LogP contribution in [0.3, 0.4) is 0 Å². The van der Waals surface area contributed by atoms with Gasteiger partial charge in [-0.2, -0.15) is 0 Å². The average molecular weight is 267 g/mol. The Morgan fingerprint density at radius 2 is 1.89 bits per heavy atom. The quantitative estimate of drug-likeness (QED) is 0.633. The van der Waals surface area contributed by atoms with Crippen molar-refractivity contribution in [1.82, 2.24) is 4.72 Å². The van der Waals surface area contributed by atoms with E-state index in [1.165, 1.54) is 30.3 Å². The van der Waals surface area contributed by atoms with Crippen molar-refractivity contribution < 1.29 is 13.2 Å². The zero-order valence-electron chi connectivity index (χ0n) is 10.5. The minimum Gasteiger partial charge on any atom is -0.294 e. The Morgan fingerprint density at radius 3 is 2.33 bits per heavy atom. The SMILES string of the molecule is C=CCNS(=O)(=O)c1ccc(C(=O)C(C)C)cc1. The summed E-state index contributed by atoms with van der Waals surface area (Å²) >= 11 is 0. The number of carbonyl (C=O) groups is 1. The smallest absolute Gasteiger partial charge is 0.240 e. The number of nitrogens with one attached hydrogen (secondary N) is 1. The molecule has 0 heterocycles. The van der Waals surface area contributed by atoms with Crippen LogP contribution in [0.2, 0.25) is 0 Å². The van der Waals surface area contributed by atoms with E-state index < -0.39 is 10.0 Å². The van der Waals surface area contributed by atoms with Crippen molar-refractivity contribution in [1.29, 1.82) is 0 Å². The topological polar surface area (TPSA) is 63.2 Å².